The molecule has 0 bridgehead atoms. The topological polar surface area (TPSA) is 38.7 Å². The minimum absolute atomic E-state index is 0.598. The van der Waals surface area contributed by atoms with Crippen LogP contribution in [0, 0.1) is 0 Å². The summed E-state index contributed by atoms with van der Waals surface area (Å²) in [5.41, 5.74) is 2.60. The van der Waals surface area contributed by atoms with Gasteiger partial charge in [0.1, 0.15) is 5.75 Å². The van der Waals surface area contributed by atoms with Crippen LogP contribution >= 0.6 is 0 Å². The van der Waals surface area contributed by atoms with E-state index in [9.17, 15) is 4.79 Å². The van der Waals surface area contributed by atoms with Crippen molar-refractivity contribution in [2.45, 2.75) is 0 Å². The fraction of sp³-hybridized carbons (Fsp3) is 0.0714. The lowest BCUT2D eigenvalue weighted by Gasteiger charge is -2.04. The van der Waals surface area contributed by atoms with Crippen molar-refractivity contribution in [3.8, 4) is 16.9 Å². The van der Waals surface area contributed by atoms with E-state index in [0.29, 0.717) is 5.69 Å². The fourth-order valence-corrected chi connectivity index (χ4v) is 1.61. The minimum Gasteiger partial charge on any atom is -0.497 e. The maximum absolute atomic E-state index is 10.2. The smallest absolute Gasteiger partial charge is 0.240 e. The maximum atomic E-state index is 10.2. The molecule has 0 aliphatic heterocycles. The van der Waals surface area contributed by atoms with Gasteiger partial charge in [-0.1, -0.05) is 24.3 Å². The second-order valence-electron chi connectivity index (χ2n) is 3.49. The van der Waals surface area contributed by atoms with E-state index < -0.39 is 0 Å². The molecule has 0 amide bonds. The summed E-state index contributed by atoms with van der Waals surface area (Å²) in [7, 11) is 1.63. The van der Waals surface area contributed by atoms with Gasteiger partial charge in [0, 0.05) is 0 Å². The lowest BCUT2D eigenvalue weighted by molar-refractivity contribution is 0.415. The van der Waals surface area contributed by atoms with E-state index >= 15 is 0 Å². The lowest BCUT2D eigenvalue weighted by atomic mass is 10.1. The van der Waals surface area contributed by atoms with Crippen molar-refractivity contribution in [1.29, 1.82) is 0 Å². The molecular formula is C14H11NO2. The number of benzene rings is 2. The predicted molar refractivity (Wildman–Crippen MR) is 66.2 cm³/mol. The van der Waals surface area contributed by atoms with Gasteiger partial charge >= 0.3 is 0 Å². The zero-order valence-corrected chi connectivity index (χ0v) is 9.38. The van der Waals surface area contributed by atoms with E-state index in [1.54, 1.807) is 13.2 Å². The minimum atomic E-state index is 0.598. The van der Waals surface area contributed by atoms with Crippen LogP contribution in [-0.2, 0) is 4.79 Å². The highest BCUT2D eigenvalue weighted by Crippen LogP contribution is 2.26. The van der Waals surface area contributed by atoms with Crippen LogP contribution in [0.2, 0.25) is 0 Å². The molecule has 17 heavy (non-hydrogen) atoms. The Morgan fingerprint density at radius 2 is 1.76 bits per heavy atom. The number of hydrogen-bond donors (Lipinski definition) is 0. The predicted octanol–water partition coefficient (Wildman–Crippen LogP) is 3.33. The standard InChI is InChI=1S/C14H11NO2/c1-17-14-7-3-5-12(9-14)11-4-2-6-13(8-11)15-10-16/h2-9H,1H3. The summed E-state index contributed by atoms with van der Waals surface area (Å²) >= 11 is 0. The first kappa shape index (κ1) is 11.1. The fourth-order valence-electron chi connectivity index (χ4n) is 1.61. The summed E-state index contributed by atoms with van der Waals surface area (Å²) < 4.78 is 5.17. The molecule has 0 unspecified atom stereocenters. The van der Waals surface area contributed by atoms with Gasteiger partial charge in [-0.2, -0.15) is 4.99 Å². The number of methoxy groups -OCH3 is 1. The van der Waals surface area contributed by atoms with Crippen LogP contribution in [0.5, 0.6) is 5.75 Å². The van der Waals surface area contributed by atoms with Gasteiger partial charge < -0.3 is 4.74 Å². The molecule has 0 aliphatic rings. The Morgan fingerprint density at radius 3 is 2.47 bits per heavy atom. The molecule has 0 saturated heterocycles. The number of rotatable bonds is 3. The molecule has 0 N–H and O–H groups in total. The van der Waals surface area contributed by atoms with Crippen molar-refractivity contribution in [3.05, 3.63) is 48.5 Å². The normalized spacial score (nSPS) is 9.47. The molecule has 2 aromatic rings. The number of hydrogen-bond acceptors (Lipinski definition) is 3. The van der Waals surface area contributed by atoms with E-state index in [0.717, 1.165) is 16.9 Å². The maximum Gasteiger partial charge on any atom is 0.240 e. The van der Waals surface area contributed by atoms with Crippen LogP contribution in [0.25, 0.3) is 11.1 Å². The van der Waals surface area contributed by atoms with Crippen LogP contribution in [0.1, 0.15) is 0 Å². The third kappa shape index (κ3) is 2.60. The van der Waals surface area contributed by atoms with Crippen molar-refractivity contribution in [2.75, 3.05) is 7.11 Å². The van der Waals surface area contributed by atoms with Gasteiger partial charge in [-0.25, -0.2) is 4.79 Å². The molecular weight excluding hydrogens is 214 g/mol. The molecule has 0 spiro atoms. The van der Waals surface area contributed by atoms with Crippen LogP contribution in [-0.4, -0.2) is 13.2 Å². The molecule has 0 saturated carbocycles. The summed E-state index contributed by atoms with van der Waals surface area (Å²) in [6.07, 6.45) is 1.54. The Hall–Kier alpha value is -2.38. The van der Waals surface area contributed by atoms with Crippen molar-refractivity contribution < 1.29 is 9.53 Å². The van der Waals surface area contributed by atoms with Gasteiger partial charge in [0.05, 0.1) is 12.8 Å². The van der Waals surface area contributed by atoms with Gasteiger partial charge in [-0.05, 0) is 35.4 Å². The van der Waals surface area contributed by atoms with Gasteiger partial charge in [0.2, 0.25) is 6.08 Å². The summed E-state index contributed by atoms with van der Waals surface area (Å²) in [4.78, 5) is 13.8. The Bertz CT molecular complexity index is 572. The molecule has 84 valence electrons. The van der Waals surface area contributed by atoms with Crippen molar-refractivity contribution in [2.24, 2.45) is 4.99 Å². The lowest BCUT2D eigenvalue weighted by Crippen LogP contribution is -1.83. The van der Waals surface area contributed by atoms with Gasteiger partial charge in [-0.3, -0.25) is 0 Å². The monoisotopic (exact) mass is 225 g/mol. The van der Waals surface area contributed by atoms with Crippen LogP contribution in [0.15, 0.2) is 53.5 Å². The molecule has 0 radical (unpaired) electrons. The molecule has 0 aliphatic carbocycles. The SMILES string of the molecule is COc1cccc(-c2cccc(N=C=O)c2)c1. The number of aliphatic imine (C=N–C) groups is 1. The summed E-state index contributed by atoms with van der Waals surface area (Å²) in [6.45, 7) is 0. The Balaban J connectivity index is 2.44. The zero-order valence-electron chi connectivity index (χ0n) is 9.38. The molecule has 0 aromatic heterocycles. The van der Waals surface area contributed by atoms with Gasteiger partial charge in [0.25, 0.3) is 0 Å². The molecule has 0 atom stereocenters. The Labute approximate surface area is 99.4 Å². The molecule has 3 heteroatoms. The third-order valence-corrected chi connectivity index (χ3v) is 2.42. The van der Waals surface area contributed by atoms with Gasteiger partial charge in [0.15, 0.2) is 0 Å². The van der Waals surface area contributed by atoms with Crippen molar-refractivity contribution in [3.63, 3.8) is 0 Å². The molecule has 2 rings (SSSR count). The average Bonchev–Trinajstić information content (AvgIpc) is 2.40. The van der Waals surface area contributed by atoms with Gasteiger partial charge in [-0.15, -0.1) is 0 Å². The summed E-state index contributed by atoms with van der Waals surface area (Å²) in [5.74, 6) is 0.798. The number of ether oxygens (including phenoxy) is 1. The Kier molecular flexibility index (Phi) is 3.34. The highest BCUT2D eigenvalue weighted by molar-refractivity contribution is 5.69. The first-order valence-electron chi connectivity index (χ1n) is 5.16. The summed E-state index contributed by atoms with van der Waals surface area (Å²) in [5, 5.41) is 0. The van der Waals surface area contributed by atoms with Crippen LogP contribution in [0.4, 0.5) is 5.69 Å². The molecule has 0 heterocycles. The van der Waals surface area contributed by atoms with Crippen molar-refractivity contribution >= 4 is 11.8 Å². The zero-order chi connectivity index (χ0) is 12.1. The van der Waals surface area contributed by atoms with E-state index in [1.807, 2.05) is 42.5 Å². The van der Waals surface area contributed by atoms with Crippen LogP contribution < -0.4 is 4.74 Å². The highest BCUT2D eigenvalue weighted by atomic mass is 16.5. The third-order valence-electron chi connectivity index (χ3n) is 2.42. The summed E-state index contributed by atoms with van der Waals surface area (Å²) in [6, 6.07) is 15.1. The molecule has 3 nitrogen and oxygen atoms in total. The van der Waals surface area contributed by atoms with E-state index in [1.165, 1.54) is 6.08 Å². The molecule has 2 aromatic carbocycles. The van der Waals surface area contributed by atoms with Crippen molar-refractivity contribution in [1.82, 2.24) is 0 Å². The quantitative estimate of drug-likeness (QED) is 0.593. The number of nitrogens with zero attached hydrogens (tertiary/aromatic N) is 1. The van der Waals surface area contributed by atoms with E-state index in [2.05, 4.69) is 4.99 Å². The van der Waals surface area contributed by atoms with E-state index in [-0.39, 0.29) is 0 Å². The molecule has 0 fully saturated rings. The number of carbonyl (C=O) groups excluding carboxylic acids is 1. The second-order valence-corrected chi connectivity index (χ2v) is 3.49. The highest BCUT2D eigenvalue weighted by Gasteiger charge is 2.00. The number of isocyanates is 1. The van der Waals surface area contributed by atoms with Crippen LogP contribution in [0.3, 0.4) is 0 Å². The Morgan fingerprint density at radius 1 is 1.06 bits per heavy atom. The first-order valence-corrected chi connectivity index (χ1v) is 5.16. The first-order chi connectivity index (χ1) is 8.33. The second kappa shape index (κ2) is 5.10. The average molecular weight is 225 g/mol. The van der Waals surface area contributed by atoms with E-state index in [4.69, 9.17) is 4.74 Å². The largest absolute Gasteiger partial charge is 0.497 e.